The molecular formula is C19H22N2O4. The van der Waals surface area contributed by atoms with Crippen molar-refractivity contribution in [2.75, 3.05) is 6.61 Å². The molecule has 0 fully saturated rings. The highest BCUT2D eigenvalue weighted by Gasteiger charge is 2.21. The van der Waals surface area contributed by atoms with Gasteiger partial charge < -0.3 is 10.1 Å². The molecule has 1 atom stereocenters. The minimum absolute atomic E-state index is 0.0981. The number of nitro benzene ring substituents is 1. The molecule has 132 valence electrons. The highest BCUT2D eigenvalue weighted by molar-refractivity contribution is 5.78. The van der Waals surface area contributed by atoms with Crippen LogP contribution in [0.3, 0.4) is 0 Å². The Labute approximate surface area is 147 Å². The Morgan fingerprint density at radius 1 is 1.16 bits per heavy atom. The van der Waals surface area contributed by atoms with Crippen molar-refractivity contribution in [1.29, 1.82) is 0 Å². The number of amides is 1. The number of carbonyl (C=O) groups is 1. The minimum Gasteiger partial charge on any atom is -0.477 e. The van der Waals surface area contributed by atoms with E-state index in [9.17, 15) is 14.9 Å². The lowest BCUT2D eigenvalue weighted by molar-refractivity contribution is -0.386. The van der Waals surface area contributed by atoms with Crippen LogP contribution in [0.25, 0.3) is 0 Å². The number of hydrogen-bond acceptors (Lipinski definition) is 4. The van der Waals surface area contributed by atoms with Crippen molar-refractivity contribution in [2.24, 2.45) is 5.92 Å². The number of nitro groups is 1. The monoisotopic (exact) mass is 342 g/mol. The molecular weight excluding hydrogens is 320 g/mol. The molecule has 0 heterocycles. The van der Waals surface area contributed by atoms with Gasteiger partial charge in [0.2, 0.25) is 0 Å². The second-order valence-corrected chi connectivity index (χ2v) is 6.17. The van der Waals surface area contributed by atoms with E-state index in [1.54, 1.807) is 19.1 Å². The second kappa shape index (κ2) is 8.28. The summed E-state index contributed by atoms with van der Waals surface area (Å²) in [5.74, 6) is -0.0287. The molecule has 0 aliphatic heterocycles. The summed E-state index contributed by atoms with van der Waals surface area (Å²) >= 11 is 0. The molecule has 6 nitrogen and oxygen atoms in total. The van der Waals surface area contributed by atoms with E-state index in [1.165, 1.54) is 6.07 Å². The minimum atomic E-state index is -0.497. The Bertz CT molecular complexity index is 744. The van der Waals surface area contributed by atoms with E-state index in [0.717, 1.165) is 5.56 Å². The summed E-state index contributed by atoms with van der Waals surface area (Å²) in [5, 5.41) is 14.1. The van der Waals surface area contributed by atoms with Gasteiger partial charge in [-0.15, -0.1) is 0 Å². The maximum atomic E-state index is 12.3. The van der Waals surface area contributed by atoms with E-state index < -0.39 is 4.92 Å². The number of rotatable bonds is 7. The van der Waals surface area contributed by atoms with E-state index in [2.05, 4.69) is 5.32 Å². The van der Waals surface area contributed by atoms with E-state index in [1.807, 2.05) is 44.2 Å². The fourth-order valence-electron chi connectivity index (χ4n) is 2.64. The van der Waals surface area contributed by atoms with Crippen molar-refractivity contribution in [2.45, 2.75) is 26.8 Å². The van der Waals surface area contributed by atoms with Crippen molar-refractivity contribution in [3.05, 3.63) is 69.8 Å². The summed E-state index contributed by atoms with van der Waals surface area (Å²) in [4.78, 5) is 22.9. The van der Waals surface area contributed by atoms with E-state index in [0.29, 0.717) is 5.56 Å². The number of aryl methyl sites for hydroxylation is 1. The highest BCUT2D eigenvalue weighted by Crippen LogP contribution is 2.30. The smallest absolute Gasteiger partial charge is 0.313 e. The van der Waals surface area contributed by atoms with Crippen LogP contribution < -0.4 is 10.1 Å². The van der Waals surface area contributed by atoms with Gasteiger partial charge in [-0.25, -0.2) is 0 Å². The molecule has 0 saturated heterocycles. The molecule has 2 aromatic rings. The van der Waals surface area contributed by atoms with Crippen LogP contribution in [-0.4, -0.2) is 17.4 Å². The van der Waals surface area contributed by atoms with Crippen LogP contribution in [0.5, 0.6) is 5.75 Å². The fraction of sp³-hybridized carbons (Fsp3) is 0.316. The normalized spacial score (nSPS) is 11.8. The lowest BCUT2D eigenvalue weighted by atomic mass is 9.96. The molecule has 0 aromatic heterocycles. The lowest BCUT2D eigenvalue weighted by Gasteiger charge is -2.23. The molecule has 25 heavy (non-hydrogen) atoms. The number of nitrogens with zero attached hydrogens (tertiary/aromatic N) is 1. The van der Waals surface area contributed by atoms with Crippen LogP contribution in [0.4, 0.5) is 5.69 Å². The van der Waals surface area contributed by atoms with Gasteiger partial charge in [-0.1, -0.05) is 56.3 Å². The SMILES string of the molecule is Cc1cccc(OCC(=O)NC(c2ccccc2)C(C)C)c1[N+](=O)[O-]. The number of carbonyl (C=O) groups excluding carboxylic acids is 1. The summed E-state index contributed by atoms with van der Waals surface area (Å²) in [5.41, 5.74) is 1.39. The van der Waals surface area contributed by atoms with Gasteiger partial charge in [-0.05, 0) is 24.5 Å². The molecule has 0 bridgehead atoms. The predicted molar refractivity (Wildman–Crippen MR) is 95.5 cm³/mol. The summed E-state index contributed by atoms with van der Waals surface area (Å²) in [6.45, 7) is 5.39. The first-order valence-electron chi connectivity index (χ1n) is 8.11. The van der Waals surface area contributed by atoms with Gasteiger partial charge in [0.25, 0.3) is 5.91 Å². The van der Waals surface area contributed by atoms with Crippen molar-refractivity contribution in [3.8, 4) is 5.75 Å². The molecule has 1 N–H and O–H groups in total. The van der Waals surface area contributed by atoms with E-state index >= 15 is 0 Å². The molecule has 6 heteroatoms. The topological polar surface area (TPSA) is 81.5 Å². The molecule has 2 rings (SSSR count). The van der Waals surface area contributed by atoms with Crippen LogP contribution in [0, 0.1) is 23.0 Å². The van der Waals surface area contributed by atoms with Crippen LogP contribution in [0.2, 0.25) is 0 Å². The average molecular weight is 342 g/mol. The van der Waals surface area contributed by atoms with Gasteiger partial charge in [0.15, 0.2) is 12.4 Å². The van der Waals surface area contributed by atoms with Crippen LogP contribution in [-0.2, 0) is 4.79 Å². The molecule has 0 spiro atoms. The zero-order valence-electron chi connectivity index (χ0n) is 14.6. The third-order valence-corrected chi connectivity index (χ3v) is 3.88. The van der Waals surface area contributed by atoms with Crippen molar-refractivity contribution in [1.82, 2.24) is 5.32 Å². The summed E-state index contributed by atoms with van der Waals surface area (Å²) in [6, 6.07) is 14.3. The average Bonchev–Trinajstić information content (AvgIpc) is 2.58. The van der Waals surface area contributed by atoms with Crippen LogP contribution in [0.15, 0.2) is 48.5 Å². The number of benzene rings is 2. The Balaban J connectivity index is 2.05. The zero-order valence-corrected chi connectivity index (χ0v) is 14.6. The fourth-order valence-corrected chi connectivity index (χ4v) is 2.64. The van der Waals surface area contributed by atoms with E-state index in [-0.39, 0.29) is 35.9 Å². The van der Waals surface area contributed by atoms with Gasteiger partial charge in [0.05, 0.1) is 11.0 Å². The Kier molecular flexibility index (Phi) is 6.11. The Hall–Kier alpha value is -2.89. The maximum Gasteiger partial charge on any atom is 0.313 e. The third-order valence-electron chi connectivity index (χ3n) is 3.88. The summed E-state index contributed by atoms with van der Waals surface area (Å²) < 4.78 is 5.40. The van der Waals surface area contributed by atoms with Gasteiger partial charge >= 0.3 is 5.69 Å². The first kappa shape index (κ1) is 18.4. The predicted octanol–water partition coefficient (Wildman–Crippen LogP) is 3.80. The number of ether oxygens (including phenoxy) is 1. The third kappa shape index (κ3) is 4.79. The Morgan fingerprint density at radius 3 is 2.44 bits per heavy atom. The molecule has 0 aliphatic carbocycles. The number of para-hydroxylation sites is 1. The first-order chi connectivity index (χ1) is 11.9. The van der Waals surface area contributed by atoms with Gasteiger partial charge in [-0.3, -0.25) is 14.9 Å². The molecule has 0 saturated carbocycles. The van der Waals surface area contributed by atoms with Gasteiger partial charge in [-0.2, -0.15) is 0 Å². The molecule has 0 aliphatic rings. The summed E-state index contributed by atoms with van der Waals surface area (Å²) in [6.07, 6.45) is 0. The standard InChI is InChI=1S/C19H22N2O4/c1-13(2)18(15-9-5-4-6-10-15)20-17(22)12-25-16-11-7-8-14(3)19(16)21(23)24/h4-11,13,18H,12H2,1-3H3,(H,20,22). The second-order valence-electron chi connectivity index (χ2n) is 6.17. The number of nitrogens with one attached hydrogen (secondary N) is 1. The quantitative estimate of drug-likeness (QED) is 0.613. The largest absolute Gasteiger partial charge is 0.477 e. The highest BCUT2D eigenvalue weighted by atomic mass is 16.6. The van der Waals surface area contributed by atoms with Crippen LogP contribution in [0.1, 0.15) is 31.0 Å². The maximum absolute atomic E-state index is 12.3. The van der Waals surface area contributed by atoms with Crippen molar-refractivity contribution < 1.29 is 14.5 Å². The van der Waals surface area contributed by atoms with Crippen molar-refractivity contribution in [3.63, 3.8) is 0 Å². The first-order valence-corrected chi connectivity index (χ1v) is 8.11. The molecule has 0 radical (unpaired) electrons. The van der Waals surface area contributed by atoms with Crippen LogP contribution >= 0.6 is 0 Å². The molecule has 2 aromatic carbocycles. The lowest BCUT2D eigenvalue weighted by Crippen LogP contribution is -2.35. The van der Waals surface area contributed by atoms with Crippen molar-refractivity contribution >= 4 is 11.6 Å². The molecule has 1 amide bonds. The van der Waals surface area contributed by atoms with Gasteiger partial charge in [0.1, 0.15) is 0 Å². The molecule has 1 unspecified atom stereocenters. The number of hydrogen-bond donors (Lipinski definition) is 1. The summed E-state index contributed by atoms with van der Waals surface area (Å²) in [7, 11) is 0. The van der Waals surface area contributed by atoms with E-state index in [4.69, 9.17) is 4.74 Å². The Morgan fingerprint density at radius 2 is 1.84 bits per heavy atom. The van der Waals surface area contributed by atoms with Gasteiger partial charge in [0, 0.05) is 5.56 Å². The zero-order chi connectivity index (χ0) is 18.4.